The Balaban J connectivity index is 2.09. The van der Waals surface area contributed by atoms with Gasteiger partial charge in [0.25, 0.3) is 0 Å². The van der Waals surface area contributed by atoms with E-state index in [9.17, 15) is 0 Å². The van der Waals surface area contributed by atoms with Gasteiger partial charge in [-0.2, -0.15) is 0 Å². The van der Waals surface area contributed by atoms with Gasteiger partial charge >= 0.3 is 0 Å². The molecule has 0 N–H and O–H groups in total. The molecular weight excluding hydrogens is 361 g/mol. The molecule has 2 aromatic carbocycles. The van der Waals surface area contributed by atoms with Gasteiger partial charge in [-0.3, -0.25) is 0 Å². The predicted molar refractivity (Wildman–Crippen MR) is 90.8 cm³/mol. The average Bonchev–Trinajstić information content (AvgIpc) is 2.54. The van der Waals surface area contributed by atoms with Crippen molar-refractivity contribution in [3.63, 3.8) is 0 Å². The summed E-state index contributed by atoms with van der Waals surface area (Å²) in [7, 11) is 0. The van der Waals surface area contributed by atoms with Gasteiger partial charge in [-0.25, -0.2) is 0 Å². The van der Waals surface area contributed by atoms with Gasteiger partial charge in [-0.05, 0) is 29.8 Å². The number of azide groups is 1. The van der Waals surface area contributed by atoms with Crippen molar-refractivity contribution in [2.75, 3.05) is 13.2 Å². The molecular formula is C15H10Cl3N3O2. The molecule has 0 bridgehead atoms. The lowest BCUT2D eigenvalue weighted by Crippen LogP contribution is -2.31. The minimum absolute atomic E-state index is 0.168. The highest BCUT2D eigenvalue weighted by Crippen LogP contribution is 2.45. The van der Waals surface area contributed by atoms with E-state index in [0.29, 0.717) is 37.7 Å². The van der Waals surface area contributed by atoms with Crippen LogP contribution in [0.1, 0.15) is 0 Å². The van der Waals surface area contributed by atoms with E-state index in [1.165, 1.54) is 0 Å². The summed E-state index contributed by atoms with van der Waals surface area (Å²) in [4.78, 5) is 2.74. The molecule has 0 aliphatic carbocycles. The predicted octanol–water partition coefficient (Wildman–Crippen LogP) is 5.76. The zero-order chi connectivity index (χ0) is 16.4. The van der Waals surface area contributed by atoms with Crippen molar-refractivity contribution < 1.29 is 9.47 Å². The van der Waals surface area contributed by atoms with Gasteiger partial charge in [0, 0.05) is 37.2 Å². The summed E-state index contributed by atoms with van der Waals surface area (Å²) in [5, 5.41) is 5.07. The molecule has 0 amide bonds. The number of hydrogen-bond donors (Lipinski definition) is 0. The van der Waals surface area contributed by atoms with Crippen LogP contribution in [0.2, 0.25) is 15.1 Å². The van der Waals surface area contributed by atoms with Crippen molar-refractivity contribution in [3.8, 4) is 22.6 Å². The molecule has 0 radical (unpaired) electrons. The van der Waals surface area contributed by atoms with E-state index < -0.39 is 0 Å². The molecule has 3 rings (SSSR count). The van der Waals surface area contributed by atoms with Crippen molar-refractivity contribution in [1.29, 1.82) is 0 Å². The lowest BCUT2D eigenvalue weighted by Gasteiger charge is -2.28. The van der Waals surface area contributed by atoms with Crippen molar-refractivity contribution in [2.24, 2.45) is 5.11 Å². The molecule has 5 nitrogen and oxygen atoms in total. The van der Waals surface area contributed by atoms with Crippen LogP contribution in [0, 0.1) is 0 Å². The van der Waals surface area contributed by atoms with Crippen LogP contribution in [0.15, 0.2) is 35.4 Å². The fraction of sp³-hybridized carbons (Fsp3) is 0.200. The molecule has 118 valence electrons. The third-order valence-corrected chi connectivity index (χ3v) is 4.08. The Bertz CT molecular complexity index is 807. The van der Waals surface area contributed by atoms with E-state index in [4.69, 9.17) is 49.8 Å². The molecule has 0 aromatic heterocycles. The first-order valence-electron chi connectivity index (χ1n) is 6.68. The minimum atomic E-state index is -0.378. The molecule has 0 fully saturated rings. The van der Waals surface area contributed by atoms with E-state index in [1.54, 1.807) is 30.3 Å². The summed E-state index contributed by atoms with van der Waals surface area (Å²) >= 11 is 18.5. The second-order valence-corrected chi connectivity index (χ2v) is 6.15. The van der Waals surface area contributed by atoms with Gasteiger partial charge in [-0.1, -0.05) is 39.9 Å². The molecule has 0 spiro atoms. The Morgan fingerprint density at radius 3 is 2.70 bits per heavy atom. The fourth-order valence-electron chi connectivity index (χ4n) is 2.30. The standard InChI is InChI=1S/C15H10Cl3N3O2/c16-8-1-2-13(18)11(3-8)12-4-9(17)5-14-15(12)23-10(7-22-14)6-20-21-19/h1-5,10H,6-7H2/t10-/m0/s1. The summed E-state index contributed by atoms with van der Waals surface area (Å²) < 4.78 is 11.6. The maximum Gasteiger partial charge on any atom is 0.169 e. The van der Waals surface area contributed by atoms with E-state index in [1.807, 2.05) is 0 Å². The smallest absolute Gasteiger partial charge is 0.169 e. The van der Waals surface area contributed by atoms with Crippen LogP contribution in [0.4, 0.5) is 0 Å². The number of fused-ring (bicyclic) bond motifs is 1. The molecule has 8 heteroatoms. The lowest BCUT2D eigenvalue weighted by atomic mass is 10.0. The minimum Gasteiger partial charge on any atom is -0.486 e. The second kappa shape index (κ2) is 6.77. The van der Waals surface area contributed by atoms with Crippen LogP contribution in [0.5, 0.6) is 11.5 Å². The number of ether oxygens (including phenoxy) is 2. The highest BCUT2D eigenvalue weighted by Gasteiger charge is 2.25. The SMILES string of the molecule is [N-]=[N+]=NC[C@H]1COc2cc(Cl)cc(-c3cc(Cl)ccc3Cl)c2O1. The Kier molecular flexibility index (Phi) is 4.74. The Labute approximate surface area is 147 Å². The van der Waals surface area contributed by atoms with Gasteiger partial charge in [0.2, 0.25) is 0 Å². The quantitative estimate of drug-likeness (QED) is 0.391. The average molecular weight is 371 g/mol. The maximum atomic E-state index is 8.44. The van der Waals surface area contributed by atoms with Gasteiger partial charge < -0.3 is 9.47 Å². The number of benzene rings is 2. The number of hydrogen-bond acceptors (Lipinski definition) is 3. The summed E-state index contributed by atoms with van der Waals surface area (Å²) in [6.45, 7) is 0.441. The number of rotatable bonds is 3. The molecule has 1 heterocycles. The number of nitrogens with zero attached hydrogens (tertiary/aromatic N) is 3. The summed E-state index contributed by atoms with van der Waals surface area (Å²) in [6, 6.07) is 8.54. The van der Waals surface area contributed by atoms with E-state index >= 15 is 0 Å². The van der Waals surface area contributed by atoms with Crippen LogP contribution in [-0.4, -0.2) is 19.3 Å². The molecule has 0 unspecified atom stereocenters. The normalized spacial score (nSPS) is 15.9. The third kappa shape index (κ3) is 3.43. The van der Waals surface area contributed by atoms with E-state index in [-0.39, 0.29) is 19.3 Å². The fourth-order valence-corrected chi connectivity index (χ4v) is 2.90. The molecule has 1 aliphatic heterocycles. The monoisotopic (exact) mass is 369 g/mol. The highest BCUT2D eigenvalue weighted by atomic mass is 35.5. The zero-order valence-electron chi connectivity index (χ0n) is 11.7. The molecule has 2 aromatic rings. The van der Waals surface area contributed by atoms with Crippen molar-refractivity contribution >= 4 is 34.8 Å². The maximum absolute atomic E-state index is 8.44. The van der Waals surface area contributed by atoms with Crippen molar-refractivity contribution in [1.82, 2.24) is 0 Å². The van der Waals surface area contributed by atoms with Gasteiger partial charge in [0.05, 0.1) is 6.54 Å². The largest absolute Gasteiger partial charge is 0.486 e. The van der Waals surface area contributed by atoms with Crippen molar-refractivity contribution in [3.05, 3.63) is 55.8 Å². The van der Waals surface area contributed by atoms with Crippen LogP contribution < -0.4 is 9.47 Å². The lowest BCUT2D eigenvalue weighted by molar-refractivity contribution is 0.0977. The second-order valence-electron chi connectivity index (χ2n) is 4.87. The summed E-state index contributed by atoms with van der Waals surface area (Å²) in [6.07, 6.45) is -0.378. The molecule has 0 saturated heterocycles. The third-order valence-electron chi connectivity index (χ3n) is 3.30. The van der Waals surface area contributed by atoms with E-state index in [0.717, 1.165) is 0 Å². The van der Waals surface area contributed by atoms with E-state index in [2.05, 4.69) is 10.0 Å². The first kappa shape index (κ1) is 16.1. The Morgan fingerprint density at radius 2 is 1.91 bits per heavy atom. The zero-order valence-corrected chi connectivity index (χ0v) is 13.9. The van der Waals surface area contributed by atoms with Crippen LogP contribution in [0.3, 0.4) is 0 Å². The van der Waals surface area contributed by atoms with Crippen LogP contribution in [-0.2, 0) is 0 Å². The van der Waals surface area contributed by atoms with Gasteiger partial charge in [0.15, 0.2) is 11.5 Å². The summed E-state index contributed by atoms with van der Waals surface area (Å²) in [5.41, 5.74) is 9.80. The van der Waals surface area contributed by atoms with Crippen molar-refractivity contribution in [2.45, 2.75) is 6.10 Å². The topological polar surface area (TPSA) is 67.2 Å². The molecule has 1 atom stereocenters. The first-order valence-corrected chi connectivity index (χ1v) is 7.81. The molecule has 1 aliphatic rings. The van der Waals surface area contributed by atoms with Crippen LogP contribution >= 0.6 is 34.8 Å². The Morgan fingerprint density at radius 1 is 1.13 bits per heavy atom. The first-order chi connectivity index (χ1) is 11.1. The summed E-state index contributed by atoms with van der Waals surface area (Å²) in [5.74, 6) is 1.02. The number of halogens is 3. The molecule has 0 saturated carbocycles. The van der Waals surface area contributed by atoms with Gasteiger partial charge in [0.1, 0.15) is 12.7 Å². The Hall–Kier alpha value is -1.78. The van der Waals surface area contributed by atoms with Gasteiger partial charge in [-0.15, -0.1) is 0 Å². The molecule has 23 heavy (non-hydrogen) atoms. The highest BCUT2D eigenvalue weighted by molar-refractivity contribution is 6.36. The van der Waals surface area contributed by atoms with Crippen LogP contribution in [0.25, 0.3) is 21.6 Å².